The number of aryl methyl sites for hydroxylation is 1. The van der Waals surface area contributed by atoms with Gasteiger partial charge >= 0.3 is 0 Å². The molecule has 0 radical (unpaired) electrons. The molecule has 1 aliphatic rings. The maximum atomic E-state index is 12.5. The Bertz CT molecular complexity index is 629. The van der Waals surface area contributed by atoms with Crippen molar-refractivity contribution in [1.29, 1.82) is 0 Å². The Morgan fingerprint density at radius 1 is 1.38 bits per heavy atom. The van der Waals surface area contributed by atoms with Crippen LogP contribution in [0.3, 0.4) is 0 Å². The molecule has 3 rings (SSSR count). The summed E-state index contributed by atoms with van der Waals surface area (Å²) >= 11 is 0. The van der Waals surface area contributed by atoms with Crippen molar-refractivity contribution in [3.63, 3.8) is 0 Å². The summed E-state index contributed by atoms with van der Waals surface area (Å²) in [7, 11) is 0. The predicted octanol–water partition coefficient (Wildman–Crippen LogP) is 2.37. The molecule has 110 valence electrons. The van der Waals surface area contributed by atoms with Crippen LogP contribution in [-0.2, 0) is 0 Å². The van der Waals surface area contributed by atoms with Crippen molar-refractivity contribution in [2.24, 2.45) is 0 Å². The normalized spacial score (nSPS) is 15.9. The van der Waals surface area contributed by atoms with Crippen LogP contribution in [0.25, 0.3) is 0 Å². The Morgan fingerprint density at radius 3 is 2.95 bits per heavy atom. The Kier molecular flexibility index (Phi) is 4.01. The van der Waals surface area contributed by atoms with Gasteiger partial charge in [-0.3, -0.25) is 9.78 Å². The first-order valence-electron chi connectivity index (χ1n) is 7.35. The molecule has 2 aromatic rings. The molecule has 2 N–H and O–H groups in total. The van der Waals surface area contributed by atoms with Gasteiger partial charge in [-0.15, -0.1) is 0 Å². The summed E-state index contributed by atoms with van der Waals surface area (Å²) in [5.74, 6) is -0.0656. The number of amides is 1. The van der Waals surface area contributed by atoms with Gasteiger partial charge in [0.05, 0.1) is 0 Å². The van der Waals surface area contributed by atoms with Crippen LogP contribution in [0.1, 0.15) is 35.1 Å². The summed E-state index contributed by atoms with van der Waals surface area (Å²) in [4.78, 5) is 16.6. The largest absolute Gasteiger partial charge is 0.340 e. The van der Waals surface area contributed by atoms with Crippen molar-refractivity contribution in [3.8, 4) is 0 Å². The zero-order chi connectivity index (χ0) is 14.7. The maximum absolute atomic E-state index is 12.5. The molecule has 0 bridgehead atoms. The van der Waals surface area contributed by atoms with Crippen LogP contribution >= 0.6 is 0 Å². The fourth-order valence-electron chi connectivity index (χ4n) is 2.81. The van der Waals surface area contributed by atoms with Gasteiger partial charge in [0.15, 0.2) is 0 Å². The number of hydrogen-bond acceptors (Lipinski definition) is 3. The van der Waals surface area contributed by atoms with Crippen LogP contribution in [0.5, 0.6) is 0 Å². The Balaban J connectivity index is 1.77. The smallest absolute Gasteiger partial charge is 0.272 e. The number of rotatable bonds is 3. The van der Waals surface area contributed by atoms with Crippen LogP contribution in [0.15, 0.2) is 36.7 Å². The summed E-state index contributed by atoms with van der Waals surface area (Å²) in [6.45, 7) is 3.92. The van der Waals surface area contributed by atoms with Gasteiger partial charge in [0.1, 0.15) is 5.69 Å². The van der Waals surface area contributed by atoms with Crippen LogP contribution in [0.2, 0.25) is 0 Å². The molecule has 21 heavy (non-hydrogen) atoms. The van der Waals surface area contributed by atoms with E-state index >= 15 is 0 Å². The molecule has 1 amide bonds. The van der Waals surface area contributed by atoms with E-state index in [4.69, 9.17) is 0 Å². The molecule has 5 heteroatoms. The van der Waals surface area contributed by atoms with Crippen molar-refractivity contribution in [1.82, 2.24) is 14.9 Å². The molecular formula is C16H20N4O. The maximum Gasteiger partial charge on any atom is 0.272 e. The van der Waals surface area contributed by atoms with E-state index in [-0.39, 0.29) is 5.91 Å². The van der Waals surface area contributed by atoms with Gasteiger partial charge in [-0.25, -0.2) is 0 Å². The van der Waals surface area contributed by atoms with E-state index < -0.39 is 0 Å². The number of nitrogens with zero attached hydrogens (tertiary/aromatic N) is 2. The lowest BCUT2D eigenvalue weighted by Crippen LogP contribution is -2.31. The highest BCUT2D eigenvalue weighted by atomic mass is 16.1. The molecule has 0 atom stereocenters. The molecule has 2 aromatic heterocycles. The quantitative estimate of drug-likeness (QED) is 0.909. The zero-order valence-corrected chi connectivity index (χ0v) is 12.2. The molecule has 0 spiro atoms. The van der Waals surface area contributed by atoms with Crippen LogP contribution in [-0.4, -0.2) is 28.5 Å². The summed E-state index contributed by atoms with van der Waals surface area (Å²) in [6, 6.07) is 7.90. The molecule has 1 fully saturated rings. The van der Waals surface area contributed by atoms with E-state index in [0.717, 1.165) is 43.0 Å². The average molecular weight is 284 g/mol. The number of piperidine rings is 1. The summed E-state index contributed by atoms with van der Waals surface area (Å²) in [6.07, 6.45) is 5.83. The second-order valence-electron chi connectivity index (χ2n) is 5.42. The summed E-state index contributed by atoms with van der Waals surface area (Å²) in [5.41, 5.74) is 2.39. The number of pyridine rings is 1. The van der Waals surface area contributed by atoms with Crippen molar-refractivity contribution in [2.75, 3.05) is 18.4 Å². The minimum absolute atomic E-state index is 0.0656. The Morgan fingerprint density at radius 2 is 2.19 bits per heavy atom. The second-order valence-corrected chi connectivity index (χ2v) is 5.42. The van der Waals surface area contributed by atoms with Gasteiger partial charge in [0.25, 0.3) is 5.91 Å². The van der Waals surface area contributed by atoms with Gasteiger partial charge in [-0.2, -0.15) is 0 Å². The lowest BCUT2D eigenvalue weighted by Gasteiger charge is -2.25. The van der Waals surface area contributed by atoms with Gasteiger partial charge < -0.3 is 15.2 Å². The number of anilines is 1. The molecule has 0 aliphatic carbocycles. The van der Waals surface area contributed by atoms with E-state index in [1.807, 2.05) is 37.4 Å². The third-order valence-electron chi connectivity index (χ3n) is 3.87. The topological polar surface area (TPSA) is 59.0 Å². The highest BCUT2D eigenvalue weighted by Gasteiger charge is 2.19. The molecule has 0 unspecified atom stereocenters. The molecule has 5 nitrogen and oxygen atoms in total. The highest BCUT2D eigenvalue weighted by Crippen LogP contribution is 2.22. The Hall–Kier alpha value is -2.14. The number of carbonyl (C=O) groups excluding carboxylic acids is 1. The van der Waals surface area contributed by atoms with Gasteiger partial charge in [0, 0.05) is 29.8 Å². The van der Waals surface area contributed by atoms with Crippen LogP contribution in [0, 0.1) is 6.92 Å². The molecule has 0 saturated carbocycles. The van der Waals surface area contributed by atoms with E-state index in [2.05, 4.69) is 20.2 Å². The standard InChI is InChI=1S/C16H20N4O/c1-12-11-13(4-9-18-12)19-16(21)15-3-2-10-20(15)14-5-7-17-8-6-14/h2-4,9-11,14,17H,5-8H2,1H3,(H,18,19,21). The average Bonchev–Trinajstić information content (AvgIpc) is 2.98. The molecule has 1 aliphatic heterocycles. The third kappa shape index (κ3) is 3.13. The fraction of sp³-hybridized carbons (Fsp3) is 0.375. The van der Waals surface area contributed by atoms with E-state index in [1.165, 1.54) is 0 Å². The lowest BCUT2D eigenvalue weighted by atomic mass is 10.1. The molecular weight excluding hydrogens is 264 g/mol. The van der Waals surface area contributed by atoms with Crippen molar-refractivity contribution in [2.45, 2.75) is 25.8 Å². The Labute approximate surface area is 124 Å². The molecule has 1 saturated heterocycles. The predicted molar refractivity (Wildman–Crippen MR) is 82.5 cm³/mol. The highest BCUT2D eigenvalue weighted by molar-refractivity contribution is 6.03. The third-order valence-corrected chi connectivity index (χ3v) is 3.87. The second kappa shape index (κ2) is 6.10. The summed E-state index contributed by atoms with van der Waals surface area (Å²) < 4.78 is 2.10. The van der Waals surface area contributed by atoms with E-state index in [0.29, 0.717) is 6.04 Å². The number of nitrogens with one attached hydrogen (secondary N) is 2. The monoisotopic (exact) mass is 284 g/mol. The van der Waals surface area contributed by atoms with Crippen LogP contribution < -0.4 is 10.6 Å². The van der Waals surface area contributed by atoms with Gasteiger partial charge in [0.2, 0.25) is 0 Å². The molecule has 3 heterocycles. The minimum atomic E-state index is -0.0656. The lowest BCUT2D eigenvalue weighted by molar-refractivity contribution is 0.101. The van der Waals surface area contributed by atoms with E-state index in [9.17, 15) is 4.79 Å². The van der Waals surface area contributed by atoms with E-state index in [1.54, 1.807) is 6.20 Å². The molecule has 0 aromatic carbocycles. The fourth-order valence-corrected chi connectivity index (χ4v) is 2.81. The van der Waals surface area contributed by atoms with Gasteiger partial charge in [-0.05, 0) is 57.1 Å². The minimum Gasteiger partial charge on any atom is -0.340 e. The van der Waals surface area contributed by atoms with Crippen molar-refractivity contribution < 1.29 is 4.79 Å². The van der Waals surface area contributed by atoms with Gasteiger partial charge in [-0.1, -0.05) is 0 Å². The first-order chi connectivity index (χ1) is 10.2. The summed E-state index contributed by atoms with van der Waals surface area (Å²) in [5, 5.41) is 6.30. The number of aromatic nitrogens is 2. The number of hydrogen-bond donors (Lipinski definition) is 2. The zero-order valence-electron chi connectivity index (χ0n) is 12.2. The first kappa shape index (κ1) is 13.8. The SMILES string of the molecule is Cc1cc(NC(=O)c2cccn2C2CCNCC2)ccn1. The number of carbonyl (C=O) groups is 1. The van der Waals surface area contributed by atoms with Crippen molar-refractivity contribution in [3.05, 3.63) is 48.0 Å². The van der Waals surface area contributed by atoms with Crippen molar-refractivity contribution >= 4 is 11.6 Å². The van der Waals surface area contributed by atoms with Crippen LogP contribution in [0.4, 0.5) is 5.69 Å². The first-order valence-corrected chi connectivity index (χ1v) is 7.35.